The largest absolute Gasteiger partial charge is 0.341 e. The maximum Gasteiger partial charge on any atom is 0.124 e. The lowest BCUT2D eigenvalue weighted by Crippen LogP contribution is -2.42. The molecule has 0 spiro atoms. The van der Waals surface area contributed by atoms with Crippen LogP contribution < -0.4 is 11.1 Å². The number of nitrogens with one attached hydrogen (secondary N) is 2. The van der Waals surface area contributed by atoms with Gasteiger partial charge in [-0.15, -0.1) is 0 Å². The maximum absolute atomic E-state index is 6.37. The van der Waals surface area contributed by atoms with Gasteiger partial charge in [0.25, 0.3) is 0 Å². The molecule has 1 unspecified atom stereocenters. The standard InChI is InChI=1S/C20H25N5/c21-17(12-15-4-2-1-3-5-15)20-23-18-7-6-16(13-19(18)24-20)14-25-10-8-22-9-11-25/h1-7,13,17,22H,8-12,14,21H2,(H,23,24). The summed E-state index contributed by atoms with van der Waals surface area (Å²) in [5.74, 6) is 0.859. The Morgan fingerprint density at radius 3 is 2.64 bits per heavy atom. The van der Waals surface area contributed by atoms with Crippen LogP contribution in [0.15, 0.2) is 48.5 Å². The summed E-state index contributed by atoms with van der Waals surface area (Å²) in [6.45, 7) is 5.35. The van der Waals surface area contributed by atoms with E-state index in [9.17, 15) is 0 Å². The molecule has 5 nitrogen and oxygen atoms in total. The number of aromatic nitrogens is 2. The summed E-state index contributed by atoms with van der Waals surface area (Å²) in [7, 11) is 0. The van der Waals surface area contributed by atoms with Crippen molar-refractivity contribution in [1.82, 2.24) is 20.2 Å². The molecular weight excluding hydrogens is 310 g/mol. The summed E-state index contributed by atoms with van der Waals surface area (Å²) >= 11 is 0. The molecule has 2 aromatic carbocycles. The average molecular weight is 335 g/mol. The zero-order chi connectivity index (χ0) is 17.1. The Labute approximate surface area is 148 Å². The summed E-state index contributed by atoms with van der Waals surface area (Å²) in [6.07, 6.45) is 0.786. The maximum atomic E-state index is 6.37. The summed E-state index contributed by atoms with van der Waals surface area (Å²) in [5.41, 5.74) is 11.0. The van der Waals surface area contributed by atoms with Crippen molar-refractivity contribution in [2.24, 2.45) is 5.73 Å². The molecule has 4 rings (SSSR count). The molecule has 4 N–H and O–H groups in total. The highest BCUT2D eigenvalue weighted by atomic mass is 15.2. The third-order valence-corrected chi connectivity index (χ3v) is 4.83. The van der Waals surface area contributed by atoms with Crippen LogP contribution in [0.5, 0.6) is 0 Å². The minimum Gasteiger partial charge on any atom is -0.341 e. The number of hydrogen-bond donors (Lipinski definition) is 3. The Morgan fingerprint density at radius 2 is 1.84 bits per heavy atom. The summed E-state index contributed by atoms with van der Waals surface area (Å²) in [4.78, 5) is 10.6. The first-order chi connectivity index (χ1) is 12.3. The summed E-state index contributed by atoms with van der Waals surface area (Å²) in [5, 5.41) is 3.39. The van der Waals surface area contributed by atoms with E-state index in [0.29, 0.717) is 0 Å². The van der Waals surface area contributed by atoms with Crippen LogP contribution in [0.1, 0.15) is 23.0 Å². The van der Waals surface area contributed by atoms with Crippen molar-refractivity contribution in [3.8, 4) is 0 Å². The molecule has 0 radical (unpaired) electrons. The summed E-state index contributed by atoms with van der Waals surface area (Å²) in [6, 6.07) is 16.7. The number of aromatic amines is 1. The van der Waals surface area contributed by atoms with Crippen molar-refractivity contribution in [3.05, 3.63) is 65.5 Å². The first-order valence-corrected chi connectivity index (χ1v) is 8.99. The third kappa shape index (κ3) is 3.90. The van der Waals surface area contributed by atoms with Gasteiger partial charge in [-0.1, -0.05) is 36.4 Å². The smallest absolute Gasteiger partial charge is 0.124 e. The molecule has 5 heteroatoms. The molecule has 0 aliphatic carbocycles. The zero-order valence-corrected chi connectivity index (χ0v) is 14.4. The number of nitrogens with two attached hydrogens (primary N) is 1. The number of fused-ring (bicyclic) bond motifs is 1. The predicted octanol–water partition coefficient (Wildman–Crippen LogP) is 2.21. The molecule has 1 aliphatic heterocycles. The number of rotatable bonds is 5. The van der Waals surface area contributed by atoms with Gasteiger partial charge >= 0.3 is 0 Å². The van der Waals surface area contributed by atoms with Crippen LogP contribution in [0, 0.1) is 0 Å². The van der Waals surface area contributed by atoms with Crippen LogP contribution >= 0.6 is 0 Å². The van der Waals surface area contributed by atoms with E-state index in [1.165, 1.54) is 11.1 Å². The lowest BCUT2D eigenvalue weighted by Gasteiger charge is -2.27. The highest BCUT2D eigenvalue weighted by molar-refractivity contribution is 5.76. The average Bonchev–Trinajstić information content (AvgIpc) is 3.07. The number of piperazine rings is 1. The minimum atomic E-state index is -0.119. The predicted molar refractivity (Wildman–Crippen MR) is 101 cm³/mol. The highest BCUT2D eigenvalue weighted by Gasteiger charge is 2.14. The number of hydrogen-bond acceptors (Lipinski definition) is 4. The Hall–Kier alpha value is -2.21. The quantitative estimate of drug-likeness (QED) is 0.669. The molecular formula is C20H25N5. The van der Waals surface area contributed by atoms with Gasteiger partial charge in [-0.25, -0.2) is 4.98 Å². The second-order valence-corrected chi connectivity index (χ2v) is 6.80. The van der Waals surface area contributed by atoms with Crippen molar-refractivity contribution in [1.29, 1.82) is 0 Å². The van der Waals surface area contributed by atoms with Gasteiger partial charge in [0, 0.05) is 32.7 Å². The second kappa shape index (κ2) is 7.35. The molecule has 3 aromatic rings. The Balaban J connectivity index is 1.49. The van der Waals surface area contributed by atoms with E-state index in [1.54, 1.807) is 0 Å². The van der Waals surface area contributed by atoms with E-state index in [-0.39, 0.29) is 6.04 Å². The SMILES string of the molecule is NC(Cc1ccccc1)c1nc2ccc(CN3CCNCC3)cc2[nH]1. The lowest BCUT2D eigenvalue weighted by molar-refractivity contribution is 0.233. The fraction of sp³-hybridized carbons (Fsp3) is 0.350. The molecule has 1 saturated heterocycles. The molecule has 0 saturated carbocycles. The Morgan fingerprint density at radius 1 is 1.04 bits per heavy atom. The molecule has 1 fully saturated rings. The van der Waals surface area contributed by atoms with E-state index in [2.05, 4.69) is 45.5 Å². The Kier molecular flexibility index (Phi) is 4.78. The molecule has 2 heterocycles. The number of nitrogens with zero attached hydrogens (tertiary/aromatic N) is 2. The van der Waals surface area contributed by atoms with Gasteiger partial charge < -0.3 is 16.0 Å². The van der Waals surface area contributed by atoms with Gasteiger partial charge in [0.1, 0.15) is 5.82 Å². The molecule has 1 aromatic heterocycles. The zero-order valence-electron chi connectivity index (χ0n) is 14.4. The fourth-order valence-electron chi connectivity index (χ4n) is 3.44. The molecule has 1 aliphatic rings. The highest BCUT2D eigenvalue weighted by Crippen LogP contribution is 2.20. The van der Waals surface area contributed by atoms with Gasteiger partial charge in [-0.3, -0.25) is 4.90 Å². The topological polar surface area (TPSA) is 70.0 Å². The third-order valence-electron chi connectivity index (χ3n) is 4.83. The van der Waals surface area contributed by atoms with Crippen molar-refractivity contribution in [2.75, 3.05) is 26.2 Å². The van der Waals surface area contributed by atoms with Crippen LogP contribution in [0.25, 0.3) is 11.0 Å². The van der Waals surface area contributed by atoms with E-state index < -0.39 is 0 Å². The molecule has 130 valence electrons. The molecule has 1 atom stereocenters. The van der Waals surface area contributed by atoms with E-state index in [4.69, 9.17) is 10.7 Å². The van der Waals surface area contributed by atoms with Crippen LogP contribution in [0.4, 0.5) is 0 Å². The van der Waals surface area contributed by atoms with Gasteiger partial charge in [0.2, 0.25) is 0 Å². The van der Waals surface area contributed by atoms with Crippen LogP contribution in [0.2, 0.25) is 0 Å². The normalized spacial score (nSPS) is 17.0. The number of imidazole rings is 1. The van der Waals surface area contributed by atoms with Crippen molar-refractivity contribution >= 4 is 11.0 Å². The van der Waals surface area contributed by atoms with Crippen LogP contribution in [-0.2, 0) is 13.0 Å². The first-order valence-electron chi connectivity index (χ1n) is 8.99. The van der Waals surface area contributed by atoms with E-state index in [1.807, 2.05) is 18.2 Å². The van der Waals surface area contributed by atoms with Crippen molar-refractivity contribution < 1.29 is 0 Å². The number of H-pyrrole nitrogens is 1. The lowest BCUT2D eigenvalue weighted by atomic mass is 10.1. The van der Waals surface area contributed by atoms with Crippen LogP contribution in [-0.4, -0.2) is 41.0 Å². The van der Waals surface area contributed by atoms with Gasteiger partial charge in [-0.2, -0.15) is 0 Å². The van der Waals surface area contributed by atoms with Gasteiger partial charge in [0.15, 0.2) is 0 Å². The summed E-state index contributed by atoms with van der Waals surface area (Å²) < 4.78 is 0. The van der Waals surface area contributed by atoms with Gasteiger partial charge in [-0.05, 0) is 29.7 Å². The first kappa shape index (κ1) is 16.3. The molecule has 0 bridgehead atoms. The molecule has 0 amide bonds. The number of benzene rings is 2. The molecule has 25 heavy (non-hydrogen) atoms. The van der Waals surface area contributed by atoms with Crippen molar-refractivity contribution in [2.45, 2.75) is 19.0 Å². The van der Waals surface area contributed by atoms with E-state index in [0.717, 1.165) is 56.0 Å². The Bertz CT molecular complexity index is 820. The van der Waals surface area contributed by atoms with E-state index >= 15 is 0 Å². The van der Waals surface area contributed by atoms with Crippen molar-refractivity contribution in [3.63, 3.8) is 0 Å². The second-order valence-electron chi connectivity index (χ2n) is 6.80. The van der Waals surface area contributed by atoms with Gasteiger partial charge in [0.05, 0.1) is 17.1 Å². The minimum absolute atomic E-state index is 0.119. The fourth-order valence-corrected chi connectivity index (χ4v) is 3.44. The monoisotopic (exact) mass is 335 g/mol. The van der Waals surface area contributed by atoms with Crippen LogP contribution in [0.3, 0.4) is 0 Å².